The molecule has 0 saturated heterocycles. The van der Waals surface area contributed by atoms with Gasteiger partial charge in [-0.25, -0.2) is 0 Å². The van der Waals surface area contributed by atoms with E-state index in [1.54, 1.807) is 30.3 Å². The van der Waals surface area contributed by atoms with Gasteiger partial charge in [-0.1, -0.05) is 19.9 Å². The van der Waals surface area contributed by atoms with Crippen molar-refractivity contribution >= 4 is 34.9 Å². The van der Waals surface area contributed by atoms with Crippen LogP contribution >= 0.6 is 11.5 Å². The van der Waals surface area contributed by atoms with E-state index in [0.717, 1.165) is 18.0 Å². The van der Waals surface area contributed by atoms with Gasteiger partial charge in [0.2, 0.25) is 5.91 Å². The first-order chi connectivity index (χ1) is 17.7. The van der Waals surface area contributed by atoms with Gasteiger partial charge in [0.1, 0.15) is 16.7 Å². The number of nitrogens with zero attached hydrogens (tertiary/aromatic N) is 2. The Morgan fingerprint density at radius 2 is 1.89 bits per heavy atom. The summed E-state index contributed by atoms with van der Waals surface area (Å²) < 4.78 is 20.2. The lowest BCUT2D eigenvalue weighted by Gasteiger charge is -2.31. The van der Waals surface area contributed by atoms with Crippen molar-refractivity contribution in [3.05, 3.63) is 58.5 Å². The number of methoxy groups -OCH3 is 2. The van der Waals surface area contributed by atoms with Gasteiger partial charge < -0.3 is 35.6 Å². The summed E-state index contributed by atoms with van der Waals surface area (Å²) in [4.78, 5) is 40.6. The van der Waals surface area contributed by atoms with Crippen LogP contribution in [0.4, 0.5) is 5.69 Å². The summed E-state index contributed by atoms with van der Waals surface area (Å²) in [5.41, 5.74) is 11.5. The zero-order valence-electron chi connectivity index (χ0n) is 21.1. The zero-order valence-corrected chi connectivity index (χ0v) is 22.0. The lowest BCUT2D eigenvalue weighted by Crippen LogP contribution is -2.43. The number of hydrogen-bond donors (Lipinski definition) is 3. The molecular formula is C25H31N5O6S. The Labute approximate surface area is 218 Å². The highest BCUT2D eigenvalue weighted by Gasteiger charge is 2.36. The molecule has 3 rings (SSSR count). The van der Waals surface area contributed by atoms with E-state index in [2.05, 4.69) is 9.69 Å². The van der Waals surface area contributed by atoms with E-state index < -0.39 is 23.8 Å². The maximum Gasteiger partial charge on any atom is 0.270 e. The van der Waals surface area contributed by atoms with Crippen LogP contribution in [-0.4, -0.2) is 47.8 Å². The lowest BCUT2D eigenvalue weighted by molar-refractivity contribution is -0.126. The fourth-order valence-electron chi connectivity index (χ4n) is 3.69. The Bertz CT molecular complexity index is 1240. The summed E-state index contributed by atoms with van der Waals surface area (Å²) in [5.74, 6) is -0.223. The zero-order chi connectivity index (χ0) is 27.1. The number of primary amides is 1. The molecule has 1 atom stereocenters. The van der Waals surface area contributed by atoms with Crippen LogP contribution in [0.15, 0.2) is 41.0 Å². The minimum absolute atomic E-state index is 0.0131. The van der Waals surface area contributed by atoms with Crippen LogP contribution in [0.5, 0.6) is 11.5 Å². The lowest BCUT2D eigenvalue weighted by atomic mass is 10.0. The van der Waals surface area contributed by atoms with E-state index in [1.807, 2.05) is 13.8 Å². The number of nitrogens with one attached hydrogen (secondary N) is 1. The second kappa shape index (κ2) is 12.3. The largest absolute Gasteiger partial charge is 0.493 e. The number of benzene rings is 1. The third-order valence-electron chi connectivity index (χ3n) is 5.63. The Kier molecular flexibility index (Phi) is 9.12. The number of ether oxygens (including phenoxy) is 2. The molecule has 0 spiro atoms. The highest BCUT2D eigenvalue weighted by molar-refractivity contribution is 7.09. The molecule has 0 fully saturated rings. The van der Waals surface area contributed by atoms with E-state index >= 15 is 0 Å². The molecule has 0 aliphatic rings. The Morgan fingerprint density at radius 1 is 1.16 bits per heavy atom. The smallest absolute Gasteiger partial charge is 0.270 e. The third kappa shape index (κ3) is 6.39. The van der Waals surface area contributed by atoms with Crippen LogP contribution < -0.4 is 26.3 Å². The molecular weight excluding hydrogens is 498 g/mol. The van der Waals surface area contributed by atoms with Crippen molar-refractivity contribution in [2.45, 2.75) is 32.9 Å². The number of hydrogen-bond acceptors (Lipinski definition) is 9. The Balaban J connectivity index is 2.12. The van der Waals surface area contributed by atoms with Crippen molar-refractivity contribution in [1.82, 2.24) is 14.6 Å². The fraction of sp³-hybridized carbons (Fsp3) is 0.360. The third-order valence-corrected chi connectivity index (χ3v) is 6.48. The number of nitrogen functional groups attached to an aromatic ring is 1. The molecule has 0 radical (unpaired) electrons. The first-order valence-corrected chi connectivity index (χ1v) is 12.3. The van der Waals surface area contributed by atoms with Gasteiger partial charge in [-0.2, -0.15) is 4.37 Å². The number of carbonyl (C=O) groups is 3. The van der Waals surface area contributed by atoms with Crippen molar-refractivity contribution in [1.29, 1.82) is 0 Å². The second-order valence-corrected chi connectivity index (χ2v) is 9.41. The van der Waals surface area contributed by atoms with Gasteiger partial charge in [0.05, 0.1) is 32.7 Å². The van der Waals surface area contributed by atoms with Gasteiger partial charge in [0, 0.05) is 6.54 Å². The van der Waals surface area contributed by atoms with E-state index in [4.69, 9.17) is 25.4 Å². The molecule has 12 heteroatoms. The van der Waals surface area contributed by atoms with Gasteiger partial charge in [-0.05, 0) is 53.7 Å². The first-order valence-electron chi connectivity index (χ1n) is 11.6. The number of amides is 3. The minimum atomic E-state index is -1.11. The molecule has 0 bridgehead atoms. The standard InChI is InChI=1S/C25H31N5O6S/c1-14(2)9-10-28-24(32)21(15-7-8-17(34-3)18(12-15)35-4)30(13-16-6-5-11-36-16)25(33)22-19(26)20(23(27)31)29-37-22/h5-8,11-12,14,21H,9-10,13,26H2,1-4H3,(H2,27,31)(H,28,32)/t21-/m0/s1. The molecule has 0 saturated carbocycles. The van der Waals surface area contributed by atoms with Gasteiger partial charge in [0.25, 0.3) is 11.8 Å². The monoisotopic (exact) mass is 529 g/mol. The van der Waals surface area contributed by atoms with Crippen LogP contribution in [0.3, 0.4) is 0 Å². The highest BCUT2D eigenvalue weighted by atomic mass is 32.1. The molecule has 37 heavy (non-hydrogen) atoms. The number of nitrogens with two attached hydrogens (primary N) is 2. The maximum absolute atomic E-state index is 13.9. The molecule has 11 nitrogen and oxygen atoms in total. The predicted octanol–water partition coefficient (Wildman–Crippen LogP) is 2.98. The normalized spacial score (nSPS) is 11.7. The van der Waals surface area contributed by atoms with Crippen LogP contribution in [0.25, 0.3) is 0 Å². The number of carbonyl (C=O) groups excluding carboxylic acids is 3. The van der Waals surface area contributed by atoms with E-state index in [1.165, 1.54) is 25.4 Å². The summed E-state index contributed by atoms with van der Waals surface area (Å²) in [6.07, 6.45) is 2.22. The fourth-order valence-corrected chi connectivity index (χ4v) is 4.45. The van der Waals surface area contributed by atoms with Crippen molar-refractivity contribution in [2.75, 3.05) is 26.5 Å². The summed E-state index contributed by atoms with van der Waals surface area (Å²) in [6.45, 7) is 4.45. The van der Waals surface area contributed by atoms with Crippen LogP contribution in [0.1, 0.15) is 57.8 Å². The van der Waals surface area contributed by atoms with Crippen LogP contribution in [-0.2, 0) is 11.3 Å². The number of aromatic nitrogens is 1. The van der Waals surface area contributed by atoms with Gasteiger partial charge >= 0.3 is 0 Å². The molecule has 5 N–H and O–H groups in total. The Morgan fingerprint density at radius 3 is 2.46 bits per heavy atom. The maximum atomic E-state index is 13.9. The topological polar surface area (TPSA) is 163 Å². The minimum Gasteiger partial charge on any atom is -0.493 e. The Hall–Kier alpha value is -4.06. The predicted molar refractivity (Wildman–Crippen MR) is 138 cm³/mol. The van der Waals surface area contributed by atoms with Gasteiger partial charge in [-0.15, -0.1) is 0 Å². The molecule has 3 amide bonds. The van der Waals surface area contributed by atoms with Crippen LogP contribution in [0.2, 0.25) is 0 Å². The van der Waals surface area contributed by atoms with Crippen molar-refractivity contribution in [3.8, 4) is 11.5 Å². The van der Waals surface area contributed by atoms with Crippen molar-refractivity contribution in [2.24, 2.45) is 11.7 Å². The van der Waals surface area contributed by atoms with Crippen LogP contribution in [0, 0.1) is 5.92 Å². The second-order valence-electron chi connectivity index (χ2n) is 8.64. The van der Waals surface area contributed by atoms with Gasteiger partial charge in [-0.3, -0.25) is 14.4 Å². The molecule has 0 aliphatic heterocycles. The van der Waals surface area contributed by atoms with Gasteiger partial charge in [0.15, 0.2) is 17.2 Å². The van der Waals surface area contributed by atoms with Crippen molar-refractivity contribution < 1.29 is 28.3 Å². The van der Waals surface area contributed by atoms with E-state index in [9.17, 15) is 14.4 Å². The average Bonchev–Trinajstić information content (AvgIpc) is 3.52. The molecule has 2 heterocycles. The number of furan rings is 1. The molecule has 0 unspecified atom stereocenters. The molecule has 198 valence electrons. The molecule has 3 aromatic rings. The SMILES string of the molecule is COc1ccc([C@@H](C(=O)NCCC(C)C)N(Cc2ccco2)C(=O)c2snc(C(N)=O)c2N)cc1OC. The van der Waals surface area contributed by atoms with Crippen molar-refractivity contribution in [3.63, 3.8) is 0 Å². The summed E-state index contributed by atoms with van der Waals surface area (Å²) >= 11 is 0.739. The quantitative estimate of drug-likeness (QED) is 0.322. The van der Waals surface area contributed by atoms with E-state index in [-0.39, 0.29) is 22.8 Å². The average molecular weight is 530 g/mol. The summed E-state index contributed by atoms with van der Waals surface area (Å²) in [7, 11) is 2.98. The molecule has 1 aromatic carbocycles. The number of rotatable bonds is 12. The summed E-state index contributed by atoms with van der Waals surface area (Å²) in [6, 6.07) is 7.24. The summed E-state index contributed by atoms with van der Waals surface area (Å²) in [5, 5.41) is 2.93. The first kappa shape index (κ1) is 27.5. The number of anilines is 1. The van der Waals surface area contributed by atoms with E-state index in [0.29, 0.717) is 35.3 Å². The highest BCUT2D eigenvalue weighted by Crippen LogP contribution is 2.35. The molecule has 2 aromatic heterocycles. The molecule has 0 aliphatic carbocycles.